The zero-order chi connectivity index (χ0) is 15.0. The molecule has 5 nitrogen and oxygen atoms in total. The molecule has 0 saturated carbocycles. The van der Waals surface area contributed by atoms with Crippen LogP contribution in [0.25, 0.3) is 0 Å². The molecule has 0 N–H and O–H groups in total. The van der Waals surface area contributed by atoms with E-state index < -0.39 is 18.7 Å². The number of methoxy groups -OCH3 is 2. The van der Waals surface area contributed by atoms with Gasteiger partial charge in [0.25, 0.3) is 0 Å². The maximum Gasteiger partial charge on any atom is 0.387 e. The molecule has 0 aliphatic rings. The lowest BCUT2D eigenvalue weighted by molar-refractivity contribution is -0.155. The van der Waals surface area contributed by atoms with Crippen LogP contribution in [0.1, 0.15) is 11.7 Å². The Morgan fingerprint density at radius 3 is 2.60 bits per heavy atom. The van der Waals surface area contributed by atoms with Gasteiger partial charge in [0.1, 0.15) is 5.75 Å². The van der Waals surface area contributed by atoms with Gasteiger partial charge in [-0.1, -0.05) is 12.1 Å². The monoisotopic (exact) mass is 290 g/mol. The summed E-state index contributed by atoms with van der Waals surface area (Å²) in [5.74, 6) is -0.683. The standard InChI is InChI=1S/C13H16F2O5/c1-17-6-7-19-11(12(16)18-2)9-4-3-5-10(8-9)20-13(14)15/h3-5,8,11,13H,6-7H2,1-2H3. The van der Waals surface area contributed by atoms with Crippen molar-refractivity contribution < 1.29 is 32.5 Å². The van der Waals surface area contributed by atoms with Crippen LogP contribution in [0.15, 0.2) is 24.3 Å². The molecular weight excluding hydrogens is 274 g/mol. The number of carbonyl (C=O) groups is 1. The molecule has 0 aliphatic heterocycles. The molecule has 1 unspecified atom stereocenters. The van der Waals surface area contributed by atoms with Crippen molar-refractivity contribution in [2.45, 2.75) is 12.7 Å². The summed E-state index contributed by atoms with van der Waals surface area (Å²) in [7, 11) is 2.71. The molecule has 0 fully saturated rings. The molecule has 0 radical (unpaired) electrons. The quantitative estimate of drug-likeness (QED) is 0.542. The van der Waals surface area contributed by atoms with Gasteiger partial charge in [0.05, 0.1) is 20.3 Å². The summed E-state index contributed by atoms with van der Waals surface area (Å²) in [4.78, 5) is 11.7. The third-order valence-corrected chi connectivity index (χ3v) is 2.37. The van der Waals surface area contributed by atoms with Crippen molar-refractivity contribution in [3.8, 4) is 5.75 Å². The lowest BCUT2D eigenvalue weighted by atomic mass is 10.1. The molecule has 0 amide bonds. The van der Waals surface area contributed by atoms with E-state index in [-0.39, 0.29) is 12.4 Å². The van der Waals surface area contributed by atoms with Gasteiger partial charge in [-0.25, -0.2) is 4.79 Å². The second-order valence-electron chi connectivity index (χ2n) is 3.72. The Hall–Kier alpha value is -1.73. The highest BCUT2D eigenvalue weighted by molar-refractivity contribution is 5.76. The fourth-order valence-corrected chi connectivity index (χ4v) is 1.51. The highest BCUT2D eigenvalue weighted by atomic mass is 19.3. The topological polar surface area (TPSA) is 54.0 Å². The molecule has 1 aromatic rings. The molecule has 1 aromatic carbocycles. The fraction of sp³-hybridized carbons (Fsp3) is 0.462. The van der Waals surface area contributed by atoms with Crippen LogP contribution in [0.3, 0.4) is 0 Å². The smallest absolute Gasteiger partial charge is 0.387 e. The summed E-state index contributed by atoms with van der Waals surface area (Å²) >= 11 is 0. The van der Waals surface area contributed by atoms with Crippen molar-refractivity contribution in [2.75, 3.05) is 27.4 Å². The summed E-state index contributed by atoms with van der Waals surface area (Å²) in [6, 6.07) is 5.72. The number of benzene rings is 1. The van der Waals surface area contributed by atoms with E-state index in [9.17, 15) is 13.6 Å². The van der Waals surface area contributed by atoms with Crippen molar-refractivity contribution >= 4 is 5.97 Å². The third-order valence-electron chi connectivity index (χ3n) is 2.37. The van der Waals surface area contributed by atoms with Crippen LogP contribution >= 0.6 is 0 Å². The van der Waals surface area contributed by atoms with Crippen LogP contribution in [0.4, 0.5) is 8.78 Å². The van der Waals surface area contributed by atoms with Crippen molar-refractivity contribution in [3.05, 3.63) is 29.8 Å². The van der Waals surface area contributed by atoms with Crippen molar-refractivity contribution in [1.82, 2.24) is 0 Å². The lowest BCUT2D eigenvalue weighted by Gasteiger charge is -2.16. The molecule has 0 saturated heterocycles. The average Bonchev–Trinajstić information content (AvgIpc) is 2.42. The van der Waals surface area contributed by atoms with Crippen molar-refractivity contribution in [1.29, 1.82) is 0 Å². The average molecular weight is 290 g/mol. The molecule has 112 valence electrons. The lowest BCUT2D eigenvalue weighted by Crippen LogP contribution is -2.19. The highest BCUT2D eigenvalue weighted by Crippen LogP contribution is 2.24. The van der Waals surface area contributed by atoms with E-state index in [1.807, 2.05) is 0 Å². The molecule has 0 aromatic heterocycles. The van der Waals surface area contributed by atoms with Crippen LogP contribution in [0, 0.1) is 0 Å². The Morgan fingerprint density at radius 2 is 2.00 bits per heavy atom. The molecule has 7 heteroatoms. The first-order chi connectivity index (χ1) is 9.58. The van der Waals surface area contributed by atoms with E-state index in [1.54, 1.807) is 6.07 Å². The Morgan fingerprint density at radius 1 is 1.25 bits per heavy atom. The third kappa shape index (κ3) is 5.10. The van der Waals surface area contributed by atoms with Gasteiger partial charge in [-0.2, -0.15) is 8.78 Å². The summed E-state index contributed by atoms with van der Waals surface area (Å²) in [5.41, 5.74) is 0.367. The van der Waals surface area contributed by atoms with E-state index in [2.05, 4.69) is 9.47 Å². The number of rotatable bonds is 8. The van der Waals surface area contributed by atoms with E-state index in [1.165, 1.54) is 32.4 Å². The molecular formula is C13H16F2O5. The minimum absolute atomic E-state index is 0.0539. The summed E-state index contributed by atoms with van der Waals surface area (Å²) < 4.78 is 43.4. The first-order valence-corrected chi connectivity index (χ1v) is 5.81. The van der Waals surface area contributed by atoms with Gasteiger partial charge in [-0.3, -0.25) is 0 Å². The molecule has 1 atom stereocenters. The molecule has 0 bridgehead atoms. The van der Waals surface area contributed by atoms with Gasteiger partial charge in [0, 0.05) is 7.11 Å². The number of carbonyl (C=O) groups excluding carboxylic acids is 1. The van der Waals surface area contributed by atoms with Gasteiger partial charge >= 0.3 is 12.6 Å². The van der Waals surface area contributed by atoms with Crippen LogP contribution in [0.2, 0.25) is 0 Å². The molecule has 20 heavy (non-hydrogen) atoms. The number of halogens is 2. The Bertz CT molecular complexity index is 425. The zero-order valence-electron chi connectivity index (χ0n) is 11.2. The predicted octanol–water partition coefficient (Wildman–Crippen LogP) is 2.17. The SMILES string of the molecule is COCCOC(C(=O)OC)c1cccc(OC(F)F)c1. The first-order valence-electron chi connectivity index (χ1n) is 5.81. The highest BCUT2D eigenvalue weighted by Gasteiger charge is 2.23. The van der Waals surface area contributed by atoms with Gasteiger partial charge in [-0.05, 0) is 17.7 Å². The maximum atomic E-state index is 12.2. The summed E-state index contributed by atoms with van der Waals surface area (Å²) in [5, 5.41) is 0. The van der Waals surface area contributed by atoms with Crippen LogP contribution < -0.4 is 4.74 Å². The van der Waals surface area contributed by atoms with E-state index >= 15 is 0 Å². The van der Waals surface area contributed by atoms with Crippen molar-refractivity contribution in [2.24, 2.45) is 0 Å². The zero-order valence-corrected chi connectivity index (χ0v) is 11.2. The molecule has 0 aliphatic carbocycles. The number of alkyl halides is 2. The summed E-state index contributed by atoms with van der Waals surface area (Å²) in [6.45, 7) is -2.48. The largest absolute Gasteiger partial charge is 0.467 e. The van der Waals surface area contributed by atoms with E-state index in [4.69, 9.17) is 9.47 Å². The normalized spacial score (nSPS) is 12.2. The van der Waals surface area contributed by atoms with Crippen LogP contribution in [-0.4, -0.2) is 40.0 Å². The van der Waals surface area contributed by atoms with Crippen LogP contribution in [0.5, 0.6) is 5.75 Å². The summed E-state index contributed by atoms with van der Waals surface area (Å²) in [6.07, 6.45) is -1.02. The Labute approximate surface area is 115 Å². The molecule has 0 spiro atoms. The minimum Gasteiger partial charge on any atom is -0.467 e. The van der Waals surface area contributed by atoms with E-state index in [0.29, 0.717) is 12.2 Å². The Balaban J connectivity index is 2.86. The van der Waals surface area contributed by atoms with Gasteiger partial charge in [-0.15, -0.1) is 0 Å². The molecule has 1 rings (SSSR count). The molecule has 0 heterocycles. The fourth-order valence-electron chi connectivity index (χ4n) is 1.51. The number of hydrogen-bond acceptors (Lipinski definition) is 5. The first kappa shape index (κ1) is 16.3. The number of ether oxygens (including phenoxy) is 4. The van der Waals surface area contributed by atoms with Gasteiger partial charge < -0.3 is 18.9 Å². The second kappa shape index (κ2) is 8.44. The minimum atomic E-state index is -2.93. The maximum absolute atomic E-state index is 12.2. The number of esters is 1. The number of hydrogen-bond donors (Lipinski definition) is 0. The predicted molar refractivity (Wildman–Crippen MR) is 65.7 cm³/mol. The Kier molecular flexibility index (Phi) is 6.89. The van der Waals surface area contributed by atoms with E-state index in [0.717, 1.165) is 0 Å². The van der Waals surface area contributed by atoms with Gasteiger partial charge in [0.15, 0.2) is 6.10 Å². The van der Waals surface area contributed by atoms with Crippen LogP contribution in [-0.2, 0) is 19.0 Å². The van der Waals surface area contributed by atoms with Crippen molar-refractivity contribution in [3.63, 3.8) is 0 Å². The van der Waals surface area contributed by atoms with Gasteiger partial charge in [0.2, 0.25) is 0 Å². The second-order valence-corrected chi connectivity index (χ2v) is 3.72.